The van der Waals surface area contributed by atoms with Crippen LogP contribution in [-0.4, -0.2) is 9.78 Å². The Kier molecular flexibility index (Phi) is 5.69. The van der Waals surface area contributed by atoms with Crippen LogP contribution in [0.25, 0.3) is 0 Å². The molecule has 0 spiro atoms. The summed E-state index contributed by atoms with van der Waals surface area (Å²) in [6.45, 7) is 8.31. The third kappa shape index (κ3) is 4.03. The molecule has 2 aromatic rings. The minimum atomic E-state index is 0. The standard InChI is InChI=1S/C13H19N3S.ClH/c1-10(2)8-16-9-13(11(3)15-16)14-7-12-5-4-6-17-12;/h4-6,9-10,14H,7-8H2,1-3H3;1H. The molecule has 100 valence electrons. The van der Waals surface area contributed by atoms with Crippen LogP contribution in [0.15, 0.2) is 23.7 Å². The van der Waals surface area contributed by atoms with Crippen LogP contribution in [0.5, 0.6) is 0 Å². The van der Waals surface area contributed by atoms with E-state index in [1.807, 2.05) is 11.6 Å². The van der Waals surface area contributed by atoms with Crippen LogP contribution >= 0.6 is 23.7 Å². The van der Waals surface area contributed by atoms with Crippen molar-refractivity contribution in [1.82, 2.24) is 9.78 Å². The first-order valence-corrected chi connectivity index (χ1v) is 6.83. The van der Waals surface area contributed by atoms with Crippen molar-refractivity contribution in [2.75, 3.05) is 5.32 Å². The molecule has 0 aliphatic carbocycles. The maximum absolute atomic E-state index is 4.51. The molecule has 0 aromatic carbocycles. The Bertz CT molecular complexity index is 463. The number of nitrogens with one attached hydrogen (secondary N) is 1. The number of hydrogen-bond donors (Lipinski definition) is 1. The third-order valence-corrected chi connectivity index (χ3v) is 3.41. The minimum absolute atomic E-state index is 0. The van der Waals surface area contributed by atoms with E-state index in [0.29, 0.717) is 5.92 Å². The van der Waals surface area contributed by atoms with Crippen LogP contribution in [0.3, 0.4) is 0 Å². The minimum Gasteiger partial charge on any atom is -0.377 e. The molecule has 0 fully saturated rings. The second-order valence-electron chi connectivity index (χ2n) is 4.68. The normalized spacial score (nSPS) is 10.4. The molecule has 0 atom stereocenters. The topological polar surface area (TPSA) is 29.9 Å². The molecule has 0 aliphatic heterocycles. The largest absolute Gasteiger partial charge is 0.377 e. The molecule has 2 rings (SSSR count). The van der Waals surface area contributed by atoms with Crippen molar-refractivity contribution < 1.29 is 0 Å². The molecular weight excluding hydrogens is 266 g/mol. The number of nitrogens with zero attached hydrogens (tertiary/aromatic N) is 2. The highest BCUT2D eigenvalue weighted by Gasteiger charge is 2.05. The number of hydrogen-bond acceptors (Lipinski definition) is 3. The van der Waals surface area contributed by atoms with E-state index in [4.69, 9.17) is 0 Å². The Hall–Kier alpha value is -1.000. The van der Waals surface area contributed by atoms with Gasteiger partial charge in [-0.15, -0.1) is 23.7 Å². The molecule has 2 aromatic heterocycles. The fourth-order valence-electron chi connectivity index (χ4n) is 1.75. The van der Waals surface area contributed by atoms with Gasteiger partial charge in [-0.1, -0.05) is 19.9 Å². The second kappa shape index (κ2) is 6.81. The van der Waals surface area contributed by atoms with Gasteiger partial charge in [0.15, 0.2) is 0 Å². The average molecular weight is 286 g/mol. The molecule has 0 aliphatic rings. The maximum Gasteiger partial charge on any atom is 0.0825 e. The van der Waals surface area contributed by atoms with E-state index in [1.165, 1.54) is 4.88 Å². The van der Waals surface area contributed by atoms with Crippen molar-refractivity contribution in [2.24, 2.45) is 5.92 Å². The van der Waals surface area contributed by atoms with Gasteiger partial charge in [0.1, 0.15) is 0 Å². The smallest absolute Gasteiger partial charge is 0.0825 e. The van der Waals surface area contributed by atoms with Crippen LogP contribution in [0, 0.1) is 12.8 Å². The van der Waals surface area contributed by atoms with E-state index in [2.05, 4.69) is 48.0 Å². The third-order valence-electron chi connectivity index (χ3n) is 2.53. The Morgan fingerprint density at radius 1 is 1.44 bits per heavy atom. The summed E-state index contributed by atoms with van der Waals surface area (Å²) >= 11 is 1.78. The summed E-state index contributed by atoms with van der Waals surface area (Å²) < 4.78 is 2.02. The molecule has 2 heterocycles. The van der Waals surface area contributed by atoms with Gasteiger partial charge in [-0.25, -0.2) is 0 Å². The fraction of sp³-hybridized carbons (Fsp3) is 0.462. The first-order valence-electron chi connectivity index (χ1n) is 5.95. The van der Waals surface area contributed by atoms with Crippen LogP contribution in [0.2, 0.25) is 0 Å². The van der Waals surface area contributed by atoms with Gasteiger partial charge in [0, 0.05) is 24.2 Å². The first-order chi connectivity index (χ1) is 8.15. The highest BCUT2D eigenvalue weighted by Crippen LogP contribution is 2.16. The Morgan fingerprint density at radius 3 is 2.83 bits per heavy atom. The molecular formula is C13H20ClN3S. The van der Waals surface area contributed by atoms with Crippen molar-refractivity contribution in [1.29, 1.82) is 0 Å². The number of halogens is 1. The molecule has 0 saturated carbocycles. The quantitative estimate of drug-likeness (QED) is 0.902. The zero-order chi connectivity index (χ0) is 12.3. The molecule has 1 N–H and O–H groups in total. The Morgan fingerprint density at radius 2 is 2.22 bits per heavy atom. The van der Waals surface area contributed by atoms with E-state index in [1.54, 1.807) is 11.3 Å². The van der Waals surface area contributed by atoms with Crippen LogP contribution < -0.4 is 5.32 Å². The van der Waals surface area contributed by atoms with E-state index in [9.17, 15) is 0 Å². The lowest BCUT2D eigenvalue weighted by atomic mass is 10.2. The highest BCUT2D eigenvalue weighted by molar-refractivity contribution is 7.09. The Balaban J connectivity index is 0.00000162. The van der Waals surface area contributed by atoms with E-state index in [0.717, 1.165) is 24.5 Å². The predicted molar refractivity (Wildman–Crippen MR) is 80.7 cm³/mol. The summed E-state index contributed by atoms with van der Waals surface area (Å²) in [6, 6.07) is 4.22. The molecule has 18 heavy (non-hydrogen) atoms. The number of aryl methyl sites for hydroxylation is 1. The van der Waals surface area contributed by atoms with Crippen LogP contribution in [0.4, 0.5) is 5.69 Å². The van der Waals surface area contributed by atoms with Crippen molar-refractivity contribution in [3.8, 4) is 0 Å². The molecule has 0 unspecified atom stereocenters. The lowest BCUT2D eigenvalue weighted by Gasteiger charge is -2.03. The maximum atomic E-state index is 4.51. The van der Waals surface area contributed by atoms with Gasteiger partial charge in [-0.05, 0) is 24.3 Å². The van der Waals surface area contributed by atoms with Crippen LogP contribution in [0.1, 0.15) is 24.4 Å². The molecule has 0 radical (unpaired) electrons. The summed E-state index contributed by atoms with van der Waals surface area (Å²) in [5.41, 5.74) is 2.21. The Labute approximate surface area is 119 Å². The molecule has 0 bridgehead atoms. The van der Waals surface area contributed by atoms with E-state index >= 15 is 0 Å². The van der Waals surface area contributed by atoms with Crippen molar-refractivity contribution >= 4 is 29.4 Å². The molecule has 0 saturated heterocycles. The monoisotopic (exact) mass is 285 g/mol. The predicted octanol–water partition coefficient (Wildman–Crippen LogP) is 3.94. The molecule has 5 heteroatoms. The van der Waals surface area contributed by atoms with Crippen molar-refractivity contribution in [3.05, 3.63) is 34.3 Å². The first kappa shape index (κ1) is 15.1. The zero-order valence-corrected chi connectivity index (χ0v) is 12.6. The zero-order valence-electron chi connectivity index (χ0n) is 11.0. The summed E-state index contributed by atoms with van der Waals surface area (Å²) in [4.78, 5) is 1.35. The number of aromatic nitrogens is 2. The van der Waals surface area contributed by atoms with Crippen LogP contribution in [-0.2, 0) is 13.1 Å². The number of rotatable bonds is 5. The lowest BCUT2D eigenvalue weighted by Crippen LogP contribution is -2.04. The highest BCUT2D eigenvalue weighted by atomic mass is 35.5. The van der Waals surface area contributed by atoms with Gasteiger partial charge < -0.3 is 5.32 Å². The second-order valence-corrected chi connectivity index (χ2v) is 5.71. The summed E-state index contributed by atoms with van der Waals surface area (Å²) in [7, 11) is 0. The summed E-state index contributed by atoms with van der Waals surface area (Å²) in [5.74, 6) is 0.624. The summed E-state index contributed by atoms with van der Waals surface area (Å²) in [6.07, 6.45) is 2.10. The number of thiophene rings is 1. The molecule has 0 amide bonds. The molecule has 3 nitrogen and oxygen atoms in total. The van der Waals surface area contributed by atoms with Gasteiger partial charge in [0.2, 0.25) is 0 Å². The van der Waals surface area contributed by atoms with Crippen molar-refractivity contribution in [3.63, 3.8) is 0 Å². The number of anilines is 1. The van der Waals surface area contributed by atoms with Gasteiger partial charge in [0.25, 0.3) is 0 Å². The average Bonchev–Trinajstić information content (AvgIpc) is 2.84. The fourth-order valence-corrected chi connectivity index (χ4v) is 2.40. The lowest BCUT2D eigenvalue weighted by molar-refractivity contribution is 0.481. The van der Waals surface area contributed by atoms with Gasteiger partial charge in [0.05, 0.1) is 11.4 Å². The summed E-state index contributed by atoms with van der Waals surface area (Å²) in [5, 5.41) is 10.0. The van der Waals surface area contributed by atoms with E-state index in [-0.39, 0.29) is 12.4 Å². The van der Waals surface area contributed by atoms with Crippen molar-refractivity contribution in [2.45, 2.75) is 33.9 Å². The SMILES string of the molecule is Cc1nn(CC(C)C)cc1NCc1cccs1.Cl. The van der Waals surface area contributed by atoms with E-state index < -0.39 is 0 Å². The van der Waals surface area contributed by atoms with Gasteiger partial charge >= 0.3 is 0 Å². The van der Waals surface area contributed by atoms with Gasteiger partial charge in [-0.3, -0.25) is 4.68 Å². The van der Waals surface area contributed by atoms with Gasteiger partial charge in [-0.2, -0.15) is 5.10 Å².